The molecule has 1 amide bonds. The second-order valence-electron chi connectivity index (χ2n) is 6.74. The molecular weight excluding hydrogens is 364 g/mol. The molecule has 8 heteroatoms. The van der Waals surface area contributed by atoms with Crippen LogP contribution >= 0.6 is 11.3 Å². The lowest BCUT2D eigenvalue weighted by Crippen LogP contribution is -2.36. The van der Waals surface area contributed by atoms with Gasteiger partial charge in [-0.3, -0.25) is 14.5 Å². The average Bonchev–Trinajstić information content (AvgIpc) is 3.16. The van der Waals surface area contributed by atoms with Gasteiger partial charge in [0.1, 0.15) is 5.01 Å². The fourth-order valence-electron chi connectivity index (χ4n) is 3.06. The monoisotopic (exact) mass is 388 g/mol. The first-order valence-electron chi connectivity index (χ1n) is 9.01. The highest BCUT2D eigenvalue weighted by atomic mass is 32.1. The van der Waals surface area contributed by atoms with Crippen LogP contribution in [0.3, 0.4) is 0 Å². The van der Waals surface area contributed by atoms with E-state index in [2.05, 4.69) is 20.4 Å². The Bertz CT molecular complexity index is 783. The number of benzene rings is 1. The van der Waals surface area contributed by atoms with E-state index in [4.69, 9.17) is 4.74 Å². The Labute approximate surface area is 162 Å². The predicted molar refractivity (Wildman–Crippen MR) is 102 cm³/mol. The van der Waals surface area contributed by atoms with Crippen LogP contribution in [0.4, 0.5) is 0 Å². The number of nitrogens with zero attached hydrogens (tertiary/aromatic N) is 3. The Kier molecular flexibility index (Phi) is 6.52. The van der Waals surface area contributed by atoms with Crippen molar-refractivity contribution in [3.8, 4) is 0 Å². The van der Waals surface area contributed by atoms with Crippen molar-refractivity contribution in [2.24, 2.45) is 5.92 Å². The summed E-state index contributed by atoms with van der Waals surface area (Å²) in [7, 11) is 1.43. The van der Waals surface area contributed by atoms with Crippen LogP contribution in [-0.4, -0.2) is 47.2 Å². The van der Waals surface area contributed by atoms with Crippen molar-refractivity contribution in [1.82, 2.24) is 20.4 Å². The maximum Gasteiger partial charge on any atom is 0.308 e. The molecule has 27 heavy (non-hydrogen) atoms. The van der Waals surface area contributed by atoms with Crippen molar-refractivity contribution >= 4 is 23.2 Å². The van der Waals surface area contributed by atoms with Gasteiger partial charge < -0.3 is 10.1 Å². The van der Waals surface area contributed by atoms with E-state index in [1.54, 1.807) is 0 Å². The second kappa shape index (κ2) is 9.05. The summed E-state index contributed by atoms with van der Waals surface area (Å²) >= 11 is 1.32. The molecule has 144 valence electrons. The van der Waals surface area contributed by atoms with Gasteiger partial charge in [0, 0.05) is 6.54 Å². The fourth-order valence-corrected chi connectivity index (χ4v) is 3.86. The molecule has 0 bridgehead atoms. The summed E-state index contributed by atoms with van der Waals surface area (Å²) in [6, 6.07) is 8.04. The summed E-state index contributed by atoms with van der Waals surface area (Å²) in [6.45, 7) is 4.78. The van der Waals surface area contributed by atoms with Gasteiger partial charge in [-0.25, -0.2) is 0 Å². The zero-order valence-corrected chi connectivity index (χ0v) is 16.4. The third-order valence-electron chi connectivity index (χ3n) is 4.72. The van der Waals surface area contributed by atoms with Gasteiger partial charge in [0.15, 0.2) is 0 Å². The van der Waals surface area contributed by atoms with E-state index in [9.17, 15) is 9.59 Å². The predicted octanol–water partition coefficient (Wildman–Crippen LogP) is 2.16. The molecule has 1 aliphatic heterocycles. The quantitative estimate of drug-likeness (QED) is 0.764. The van der Waals surface area contributed by atoms with Crippen LogP contribution < -0.4 is 5.32 Å². The molecule has 0 radical (unpaired) electrons. The fraction of sp³-hybridized carbons (Fsp3) is 0.474. The van der Waals surface area contributed by atoms with Gasteiger partial charge in [0.25, 0.3) is 5.91 Å². The first kappa shape index (κ1) is 19.4. The molecule has 0 saturated carbocycles. The minimum absolute atomic E-state index is 0.0104. The van der Waals surface area contributed by atoms with E-state index in [0.29, 0.717) is 18.1 Å². The van der Waals surface area contributed by atoms with E-state index in [1.807, 2.05) is 31.2 Å². The highest BCUT2D eigenvalue weighted by molar-refractivity contribution is 7.13. The number of carbonyl (C=O) groups excluding carboxylic acids is 2. The number of aryl methyl sites for hydroxylation is 1. The number of nitrogens with one attached hydrogen (secondary N) is 1. The molecule has 0 unspecified atom stereocenters. The van der Waals surface area contributed by atoms with Crippen LogP contribution in [0.5, 0.6) is 0 Å². The van der Waals surface area contributed by atoms with Crippen LogP contribution in [-0.2, 0) is 22.6 Å². The molecule has 7 nitrogen and oxygen atoms in total. The summed E-state index contributed by atoms with van der Waals surface area (Å²) in [5, 5.41) is 12.2. The number of esters is 1. The van der Waals surface area contributed by atoms with Gasteiger partial charge in [-0.1, -0.05) is 41.2 Å². The van der Waals surface area contributed by atoms with Crippen LogP contribution in [0, 0.1) is 12.8 Å². The van der Waals surface area contributed by atoms with E-state index in [0.717, 1.165) is 36.5 Å². The lowest BCUT2D eigenvalue weighted by atomic mass is 9.97. The Morgan fingerprint density at radius 3 is 2.59 bits per heavy atom. The molecule has 2 aromatic rings. The molecule has 1 aromatic heterocycles. The summed E-state index contributed by atoms with van der Waals surface area (Å²) in [5.41, 5.74) is 2.24. The molecule has 0 aliphatic carbocycles. The van der Waals surface area contributed by atoms with Crippen molar-refractivity contribution in [1.29, 1.82) is 0 Å². The zero-order valence-electron chi connectivity index (χ0n) is 15.6. The number of rotatable bonds is 6. The van der Waals surface area contributed by atoms with Gasteiger partial charge in [-0.15, -0.1) is 10.2 Å². The van der Waals surface area contributed by atoms with Gasteiger partial charge in [-0.05, 0) is 38.4 Å². The minimum Gasteiger partial charge on any atom is -0.469 e. The largest absolute Gasteiger partial charge is 0.469 e. The van der Waals surface area contributed by atoms with Crippen molar-refractivity contribution < 1.29 is 14.3 Å². The molecule has 3 rings (SSSR count). The molecule has 1 fully saturated rings. The molecule has 1 aromatic carbocycles. The van der Waals surface area contributed by atoms with Crippen LogP contribution in [0.15, 0.2) is 24.3 Å². The Balaban J connectivity index is 1.47. The molecular formula is C19H24N4O3S. The summed E-state index contributed by atoms with van der Waals surface area (Å²) in [6.07, 6.45) is 1.57. The number of hydrogen-bond acceptors (Lipinski definition) is 7. The normalized spacial score (nSPS) is 15.5. The number of carbonyl (C=O) groups is 2. The van der Waals surface area contributed by atoms with E-state index >= 15 is 0 Å². The third-order valence-corrected chi connectivity index (χ3v) is 5.62. The third kappa shape index (κ3) is 5.33. The number of amides is 1. The number of piperidine rings is 1. The number of ether oxygens (including phenoxy) is 1. The van der Waals surface area contributed by atoms with Crippen LogP contribution in [0.1, 0.15) is 38.8 Å². The molecule has 2 heterocycles. The minimum atomic E-state index is -0.205. The maximum absolute atomic E-state index is 12.3. The molecule has 1 aliphatic rings. The maximum atomic E-state index is 12.3. The second-order valence-corrected chi connectivity index (χ2v) is 7.80. The Hall–Kier alpha value is -2.32. The lowest BCUT2D eigenvalue weighted by Gasteiger charge is -2.29. The highest BCUT2D eigenvalue weighted by Gasteiger charge is 2.26. The zero-order chi connectivity index (χ0) is 19.2. The van der Waals surface area contributed by atoms with Gasteiger partial charge in [0.2, 0.25) is 5.01 Å². The smallest absolute Gasteiger partial charge is 0.308 e. The van der Waals surface area contributed by atoms with E-state index < -0.39 is 0 Å². The molecule has 0 spiro atoms. The van der Waals surface area contributed by atoms with Gasteiger partial charge in [0.05, 0.1) is 19.6 Å². The Morgan fingerprint density at radius 2 is 1.93 bits per heavy atom. The number of hydrogen-bond donors (Lipinski definition) is 1. The van der Waals surface area contributed by atoms with E-state index in [1.165, 1.54) is 24.0 Å². The van der Waals surface area contributed by atoms with Crippen molar-refractivity contribution in [3.05, 3.63) is 45.4 Å². The lowest BCUT2D eigenvalue weighted by molar-refractivity contribution is -0.147. The molecule has 1 N–H and O–H groups in total. The molecule has 1 saturated heterocycles. The average molecular weight is 388 g/mol. The standard InChI is InChI=1S/C19H24N4O3S/c1-13-3-5-14(6-4-13)11-20-17(24)18-22-21-16(27-18)12-23-9-7-15(8-10-23)19(25)26-2/h3-6,15H,7-12H2,1-2H3,(H,20,24). The first-order chi connectivity index (χ1) is 13.0. The highest BCUT2D eigenvalue weighted by Crippen LogP contribution is 2.21. The van der Waals surface area contributed by atoms with Gasteiger partial charge >= 0.3 is 5.97 Å². The number of aromatic nitrogens is 2. The summed E-state index contributed by atoms with van der Waals surface area (Å²) < 4.78 is 4.81. The van der Waals surface area contributed by atoms with Crippen molar-refractivity contribution in [3.63, 3.8) is 0 Å². The topological polar surface area (TPSA) is 84.4 Å². The number of methoxy groups -OCH3 is 1. The van der Waals surface area contributed by atoms with Crippen LogP contribution in [0.2, 0.25) is 0 Å². The Morgan fingerprint density at radius 1 is 1.22 bits per heavy atom. The van der Waals surface area contributed by atoms with Crippen molar-refractivity contribution in [2.45, 2.75) is 32.9 Å². The van der Waals surface area contributed by atoms with Crippen molar-refractivity contribution in [2.75, 3.05) is 20.2 Å². The summed E-state index contributed by atoms with van der Waals surface area (Å²) in [4.78, 5) is 26.1. The molecule has 0 atom stereocenters. The summed E-state index contributed by atoms with van der Waals surface area (Å²) in [5.74, 6) is -0.342. The SMILES string of the molecule is COC(=O)C1CCN(Cc2nnc(C(=O)NCc3ccc(C)cc3)s2)CC1. The van der Waals surface area contributed by atoms with Gasteiger partial charge in [-0.2, -0.15) is 0 Å². The number of likely N-dealkylation sites (tertiary alicyclic amines) is 1. The first-order valence-corrected chi connectivity index (χ1v) is 9.83. The van der Waals surface area contributed by atoms with E-state index in [-0.39, 0.29) is 17.8 Å². The van der Waals surface area contributed by atoms with Crippen LogP contribution in [0.25, 0.3) is 0 Å².